The van der Waals surface area contributed by atoms with Crippen LogP contribution in [0.3, 0.4) is 0 Å². The number of carbonyl (C=O) groups is 1. The van der Waals surface area contributed by atoms with E-state index in [9.17, 15) is 4.79 Å². The van der Waals surface area contributed by atoms with Gasteiger partial charge in [0, 0.05) is 0 Å². The summed E-state index contributed by atoms with van der Waals surface area (Å²) in [4.78, 5) is 11.2. The minimum absolute atomic E-state index is 0.211. The molecule has 0 saturated heterocycles. The highest BCUT2D eigenvalue weighted by Gasteiger charge is 2.02. The zero-order valence-electron chi connectivity index (χ0n) is 11.8. The van der Waals surface area contributed by atoms with Crippen LogP contribution in [0.1, 0.15) is 11.1 Å². The molecule has 2 aromatic rings. The fraction of sp³-hybridized carbons (Fsp3) is 0.188. The van der Waals surface area contributed by atoms with Crippen molar-refractivity contribution in [3.05, 3.63) is 59.7 Å². The molecule has 110 valence electrons. The van der Waals surface area contributed by atoms with Crippen molar-refractivity contribution >= 4 is 5.91 Å². The maximum atomic E-state index is 11.2. The SMILES string of the molecule is COc1ccc(OCc2ccc(CC(=O)NN)cc2)cc1. The average molecular weight is 286 g/mol. The van der Waals surface area contributed by atoms with Gasteiger partial charge in [0.05, 0.1) is 13.5 Å². The Labute approximate surface area is 123 Å². The van der Waals surface area contributed by atoms with Crippen molar-refractivity contribution in [1.29, 1.82) is 0 Å². The molecule has 2 aromatic carbocycles. The predicted molar refractivity (Wildman–Crippen MR) is 79.8 cm³/mol. The van der Waals surface area contributed by atoms with E-state index in [1.807, 2.05) is 48.5 Å². The fourth-order valence-corrected chi connectivity index (χ4v) is 1.83. The van der Waals surface area contributed by atoms with Crippen LogP contribution in [0.15, 0.2) is 48.5 Å². The number of methoxy groups -OCH3 is 1. The summed E-state index contributed by atoms with van der Waals surface area (Å²) in [7, 11) is 1.63. The first-order valence-corrected chi connectivity index (χ1v) is 6.55. The van der Waals surface area contributed by atoms with Crippen molar-refractivity contribution in [3.8, 4) is 11.5 Å². The number of amides is 1. The van der Waals surface area contributed by atoms with E-state index >= 15 is 0 Å². The Hall–Kier alpha value is -2.53. The molecule has 2 rings (SSSR count). The van der Waals surface area contributed by atoms with Gasteiger partial charge in [0.25, 0.3) is 0 Å². The molecule has 0 aliphatic heterocycles. The number of benzene rings is 2. The van der Waals surface area contributed by atoms with Gasteiger partial charge in [-0.25, -0.2) is 5.84 Å². The summed E-state index contributed by atoms with van der Waals surface area (Å²) in [6, 6.07) is 15.1. The summed E-state index contributed by atoms with van der Waals surface area (Å²) in [6.07, 6.45) is 0.274. The van der Waals surface area contributed by atoms with Crippen LogP contribution in [0, 0.1) is 0 Å². The normalized spacial score (nSPS) is 10.0. The van der Waals surface area contributed by atoms with Gasteiger partial charge in [-0.3, -0.25) is 10.2 Å². The minimum Gasteiger partial charge on any atom is -0.497 e. The first kappa shape index (κ1) is 14.9. The summed E-state index contributed by atoms with van der Waals surface area (Å²) < 4.78 is 10.8. The Morgan fingerprint density at radius 2 is 1.57 bits per heavy atom. The van der Waals surface area contributed by atoms with Gasteiger partial charge in [0.2, 0.25) is 5.91 Å². The summed E-state index contributed by atoms with van der Waals surface area (Å²) in [6.45, 7) is 0.468. The Morgan fingerprint density at radius 1 is 1.00 bits per heavy atom. The van der Waals surface area contributed by atoms with Gasteiger partial charge in [-0.1, -0.05) is 24.3 Å². The second-order valence-electron chi connectivity index (χ2n) is 4.52. The van der Waals surface area contributed by atoms with Gasteiger partial charge < -0.3 is 9.47 Å². The van der Waals surface area contributed by atoms with Crippen LogP contribution in [0.5, 0.6) is 11.5 Å². The molecule has 5 heteroatoms. The van der Waals surface area contributed by atoms with Crippen molar-refractivity contribution in [2.45, 2.75) is 13.0 Å². The topological polar surface area (TPSA) is 73.6 Å². The molecule has 0 atom stereocenters. The van der Waals surface area contributed by atoms with Gasteiger partial charge in [0.1, 0.15) is 18.1 Å². The van der Waals surface area contributed by atoms with E-state index in [1.165, 1.54) is 0 Å². The molecule has 0 aromatic heterocycles. The van der Waals surface area contributed by atoms with Crippen molar-refractivity contribution < 1.29 is 14.3 Å². The van der Waals surface area contributed by atoms with E-state index in [2.05, 4.69) is 5.43 Å². The maximum absolute atomic E-state index is 11.2. The Kier molecular flexibility index (Phi) is 5.17. The number of hydrogen-bond acceptors (Lipinski definition) is 4. The monoisotopic (exact) mass is 286 g/mol. The summed E-state index contributed by atoms with van der Waals surface area (Å²) in [5, 5.41) is 0. The number of rotatable bonds is 6. The molecule has 0 saturated carbocycles. The lowest BCUT2D eigenvalue weighted by Gasteiger charge is -2.08. The maximum Gasteiger partial charge on any atom is 0.238 e. The number of carbonyl (C=O) groups excluding carboxylic acids is 1. The van der Waals surface area contributed by atoms with Crippen LogP contribution in [-0.2, 0) is 17.8 Å². The lowest BCUT2D eigenvalue weighted by molar-refractivity contribution is -0.120. The molecule has 1 amide bonds. The van der Waals surface area contributed by atoms with Crippen LogP contribution in [-0.4, -0.2) is 13.0 Å². The molecule has 0 fully saturated rings. The third kappa shape index (κ3) is 4.50. The molecule has 0 spiro atoms. The molecular weight excluding hydrogens is 268 g/mol. The highest BCUT2D eigenvalue weighted by Crippen LogP contribution is 2.18. The molecule has 0 bridgehead atoms. The number of hydrazine groups is 1. The summed E-state index contributed by atoms with van der Waals surface area (Å²) in [5.74, 6) is 6.42. The molecule has 5 nitrogen and oxygen atoms in total. The van der Waals surface area contributed by atoms with E-state index in [4.69, 9.17) is 15.3 Å². The van der Waals surface area contributed by atoms with E-state index < -0.39 is 0 Å². The zero-order chi connectivity index (χ0) is 15.1. The van der Waals surface area contributed by atoms with Gasteiger partial charge in [-0.2, -0.15) is 0 Å². The van der Waals surface area contributed by atoms with E-state index in [0.29, 0.717) is 6.61 Å². The predicted octanol–water partition coefficient (Wildman–Crippen LogP) is 1.81. The first-order chi connectivity index (χ1) is 10.2. The smallest absolute Gasteiger partial charge is 0.238 e. The molecule has 0 aliphatic carbocycles. The molecular formula is C16H18N2O3. The fourth-order valence-electron chi connectivity index (χ4n) is 1.83. The standard InChI is InChI=1S/C16H18N2O3/c1-20-14-6-8-15(9-7-14)21-11-13-4-2-12(3-5-13)10-16(19)18-17/h2-9H,10-11,17H2,1H3,(H,18,19). The Morgan fingerprint density at radius 3 is 2.14 bits per heavy atom. The van der Waals surface area contributed by atoms with E-state index in [-0.39, 0.29) is 12.3 Å². The summed E-state index contributed by atoms with van der Waals surface area (Å²) in [5.41, 5.74) is 4.05. The molecule has 3 N–H and O–H groups in total. The van der Waals surface area contributed by atoms with Crippen LogP contribution in [0.25, 0.3) is 0 Å². The molecule has 0 radical (unpaired) electrons. The van der Waals surface area contributed by atoms with Gasteiger partial charge in [0.15, 0.2) is 0 Å². The third-order valence-electron chi connectivity index (χ3n) is 3.01. The van der Waals surface area contributed by atoms with Crippen LogP contribution in [0.2, 0.25) is 0 Å². The highest BCUT2D eigenvalue weighted by atomic mass is 16.5. The van der Waals surface area contributed by atoms with Crippen LogP contribution >= 0.6 is 0 Å². The zero-order valence-corrected chi connectivity index (χ0v) is 11.8. The van der Waals surface area contributed by atoms with Crippen molar-refractivity contribution in [2.75, 3.05) is 7.11 Å². The number of ether oxygens (including phenoxy) is 2. The van der Waals surface area contributed by atoms with Gasteiger partial charge in [-0.15, -0.1) is 0 Å². The van der Waals surface area contributed by atoms with Crippen molar-refractivity contribution in [1.82, 2.24) is 5.43 Å². The number of hydrogen-bond donors (Lipinski definition) is 2. The summed E-state index contributed by atoms with van der Waals surface area (Å²) >= 11 is 0. The van der Waals surface area contributed by atoms with Crippen molar-refractivity contribution in [3.63, 3.8) is 0 Å². The van der Waals surface area contributed by atoms with E-state index in [0.717, 1.165) is 22.6 Å². The quantitative estimate of drug-likeness (QED) is 0.482. The number of nitrogens with two attached hydrogens (primary N) is 1. The third-order valence-corrected chi connectivity index (χ3v) is 3.01. The Balaban J connectivity index is 1.89. The number of nitrogens with one attached hydrogen (secondary N) is 1. The van der Waals surface area contributed by atoms with Crippen LogP contribution in [0.4, 0.5) is 0 Å². The van der Waals surface area contributed by atoms with E-state index in [1.54, 1.807) is 7.11 Å². The molecule has 21 heavy (non-hydrogen) atoms. The first-order valence-electron chi connectivity index (χ1n) is 6.55. The minimum atomic E-state index is -0.211. The Bertz CT molecular complexity index is 579. The molecule has 0 unspecified atom stereocenters. The second-order valence-corrected chi connectivity index (χ2v) is 4.52. The van der Waals surface area contributed by atoms with Gasteiger partial charge in [-0.05, 0) is 35.4 Å². The lowest BCUT2D eigenvalue weighted by atomic mass is 10.1. The molecule has 0 aliphatic rings. The average Bonchev–Trinajstić information content (AvgIpc) is 2.54. The lowest BCUT2D eigenvalue weighted by Crippen LogP contribution is -2.31. The van der Waals surface area contributed by atoms with Crippen LogP contribution < -0.4 is 20.7 Å². The molecule has 0 heterocycles. The highest BCUT2D eigenvalue weighted by molar-refractivity contribution is 5.77. The van der Waals surface area contributed by atoms with Crippen molar-refractivity contribution in [2.24, 2.45) is 5.84 Å². The largest absolute Gasteiger partial charge is 0.497 e. The van der Waals surface area contributed by atoms with Gasteiger partial charge >= 0.3 is 0 Å². The second kappa shape index (κ2) is 7.31.